The van der Waals surface area contributed by atoms with Crippen molar-refractivity contribution in [2.24, 2.45) is 0 Å². The van der Waals surface area contributed by atoms with Gasteiger partial charge in [-0.2, -0.15) is 0 Å². The van der Waals surface area contributed by atoms with E-state index in [1.807, 2.05) is 0 Å². The molecule has 1 aromatic rings. The number of unbranched alkanes of at least 4 members (excludes halogenated alkanes) is 1. The van der Waals surface area contributed by atoms with Crippen LogP contribution in [0.4, 0.5) is 0 Å². The fourth-order valence-electron chi connectivity index (χ4n) is 2.72. The first-order valence-corrected chi connectivity index (χ1v) is 17.5. The summed E-state index contributed by atoms with van der Waals surface area (Å²) in [5.41, 5.74) is 2.95. The third-order valence-corrected chi connectivity index (χ3v) is 9.69. The summed E-state index contributed by atoms with van der Waals surface area (Å²) in [7, 11) is 0. The Hall–Kier alpha value is -0.441. The summed E-state index contributed by atoms with van der Waals surface area (Å²) in [6.45, 7) is 3.06. The van der Waals surface area contributed by atoms with Gasteiger partial charge in [-0.15, -0.1) is 0 Å². The zero-order valence-corrected chi connectivity index (χ0v) is 15.6. The van der Waals surface area contributed by atoms with Crippen LogP contribution in [0.1, 0.15) is 37.3 Å². The first-order valence-electron chi connectivity index (χ1n) is 7.49. The minimum absolute atomic E-state index is 0.852. The van der Waals surface area contributed by atoms with Crippen LogP contribution in [0.2, 0.25) is 14.8 Å². The predicted octanol–water partition coefficient (Wildman–Crippen LogP) is 5.07. The fourth-order valence-corrected chi connectivity index (χ4v) is 7.85. The second-order valence-corrected chi connectivity index (χ2v) is 20.8. The molecule has 0 fully saturated rings. The summed E-state index contributed by atoms with van der Waals surface area (Å²) in [6, 6.07) is 6.61. The van der Waals surface area contributed by atoms with E-state index in [9.17, 15) is 0 Å². The summed E-state index contributed by atoms with van der Waals surface area (Å²) in [4.78, 5) is 7.50. The molecule has 2 rings (SSSR count). The fraction of sp³-hybridized carbons (Fsp3) is 0.529. The number of benzene rings is 1. The molecule has 1 aromatic carbocycles. The molecule has 0 unspecified atom stereocenters. The van der Waals surface area contributed by atoms with E-state index < -0.39 is 18.4 Å². The Kier molecular flexibility index (Phi) is 4.99. The van der Waals surface area contributed by atoms with Crippen LogP contribution < -0.4 is 4.74 Å². The van der Waals surface area contributed by atoms with Crippen LogP contribution in [-0.4, -0.2) is 25.0 Å². The van der Waals surface area contributed by atoms with Gasteiger partial charge < -0.3 is 0 Å². The summed E-state index contributed by atoms with van der Waals surface area (Å²) in [5, 5.41) is 0. The number of ether oxygens (including phenoxy) is 1. The third kappa shape index (κ3) is 3.56. The Labute approximate surface area is 121 Å². The van der Waals surface area contributed by atoms with Crippen molar-refractivity contribution < 1.29 is 4.74 Å². The Morgan fingerprint density at radius 2 is 2.00 bits per heavy atom. The summed E-state index contributed by atoms with van der Waals surface area (Å²) < 4.78 is 7.68. The van der Waals surface area contributed by atoms with Crippen LogP contribution in [-0.2, 0) is 6.42 Å². The van der Waals surface area contributed by atoms with E-state index >= 15 is 0 Å². The van der Waals surface area contributed by atoms with Crippen LogP contribution in [0.5, 0.6) is 5.75 Å². The molecular formula is C17H26OSn. The molecule has 0 N–H and O–H groups in total. The van der Waals surface area contributed by atoms with Gasteiger partial charge in [0.15, 0.2) is 0 Å². The average molecular weight is 365 g/mol. The van der Waals surface area contributed by atoms with Crippen molar-refractivity contribution >= 4 is 22.0 Å². The molecule has 2 heteroatoms. The van der Waals surface area contributed by atoms with Crippen molar-refractivity contribution in [1.29, 1.82) is 0 Å². The van der Waals surface area contributed by atoms with Crippen molar-refractivity contribution in [2.75, 3.05) is 6.61 Å². The Morgan fingerprint density at radius 3 is 2.68 bits per heavy atom. The second-order valence-electron chi connectivity index (χ2n) is 6.39. The van der Waals surface area contributed by atoms with Crippen LogP contribution >= 0.6 is 0 Å². The molecule has 0 amide bonds. The Bertz CT molecular complexity index is 469. The molecule has 19 heavy (non-hydrogen) atoms. The van der Waals surface area contributed by atoms with Gasteiger partial charge in [0.2, 0.25) is 0 Å². The number of fused-ring (bicyclic) bond motifs is 1. The molecule has 1 aliphatic carbocycles. The predicted molar refractivity (Wildman–Crippen MR) is 86.5 cm³/mol. The monoisotopic (exact) mass is 366 g/mol. The average Bonchev–Trinajstić information content (AvgIpc) is 2.37. The molecule has 1 aliphatic rings. The van der Waals surface area contributed by atoms with Crippen LogP contribution in [0, 0.1) is 0 Å². The molecule has 0 heterocycles. The van der Waals surface area contributed by atoms with Crippen molar-refractivity contribution in [3.63, 3.8) is 0 Å². The van der Waals surface area contributed by atoms with E-state index in [2.05, 4.69) is 46.0 Å². The molecule has 0 saturated carbocycles. The molecular weight excluding hydrogens is 339 g/mol. The molecule has 1 nitrogen and oxygen atoms in total. The first-order chi connectivity index (χ1) is 9.04. The zero-order chi connectivity index (χ0) is 13.9. The normalized spacial score (nSPS) is 14.8. The molecule has 0 atom stereocenters. The molecule has 0 aliphatic heterocycles. The summed E-state index contributed by atoms with van der Waals surface area (Å²) in [5.74, 6) is 1.13. The number of hydrogen-bond donors (Lipinski definition) is 0. The molecule has 0 saturated heterocycles. The Morgan fingerprint density at radius 1 is 1.21 bits per heavy atom. The SMILES string of the molecule is CCCCOc1cccc2c1CCC=[C]2[Sn]([CH3])([CH3])[CH3]. The van der Waals surface area contributed by atoms with E-state index in [0.29, 0.717) is 0 Å². The van der Waals surface area contributed by atoms with Gasteiger partial charge in [0.1, 0.15) is 0 Å². The van der Waals surface area contributed by atoms with E-state index in [-0.39, 0.29) is 0 Å². The van der Waals surface area contributed by atoms with Crippen molar-refractivity contribution in [2.45, 2.75) is 47.4 Å². The first kappa shape index (κ1) is 15.0. The minimum atomic E-state index is -2.02. The molecule has 0 radical (unpaired) electrons. The van der Waals surface area contributed by atoms with Crippen molar-refractivity contribution in [1.82, 2.24) is 0 Å². The maximum atomic E-state index is 6.00. The van der Waals surface area contributed by atoms with E-state index in [0.717, 1.165) is 25.2 Å². The van der Waals surface area contributed by atoms with Gasteiger partial charge in [0.25, 0.3) is 0 Å². The summed E-state index contributed by atoms with van der Waals surface area (Å²) in [6.07, 6.45) is 7.16. The molecule has 0 bridgehead atoms. The number of rotatable bonds is 5. The molecule has 0 aromatic heterocycles. The van der Waals surface area contributed by atoms with Gasteiger partial charge in [-0.3, -0.25) is 0 Å². The topological polar surface area (TPSA) is 9.23 Å². The van der Waals surface area contributed by atoms with E-state index in [4.69, 9.17) is 4.74 Å². The van der Waals surface area contributed by atoms with Gasteiger partial charge in [0.05, 0.1) is 0 Å². The van der Waals surface area contributed by atoms with E-state index in [1.165, 1.54) is 24.0 Å². The number of hydrogen-bond acceptors (Lipinski definition) is 1. The second kappa shape index (κ2) is 6.34. The van der Waals surface area contributed by atoms with Crippen LogP contribution in [0.3, 0.4) is 0 Å². The van der Waals surface area contributed by atoms with Gasteiger partial charge in [0, 0.05) is 0 Å². The molecule has 104 valence electrons. The van der Waals surface area contributed by atoms with Gasteiger partial charge in [-0.05, 0) is 0 Å². The van der Waals surface area contributed by atoms with Gasteiger partial charge >= 0.3 is 122 Å². The van der Waals surface area contributed by atoms with Crippen molar-refractivity contribution in [3.8, 4) is 5.75 Å². The van der Waals surface area contributed by atoms with E-state index in [1.54, 1.807) is 3.59 Å². The quantitative estimate of drug-likeness (QED) is 0.523. The van der Waals surface area contributed by atoms with Crippen LogP contribution in [0.25, 0.3) is 3.59 Å². The number of allylic oxidation sites excluding steroid dienone is 1. The summed E-state index contributed by atoms with van der Waals surface area (Å²) >= 11 is -2.02. The van der Waals surface area contributed by atoms with Crippen molar-refractivity contribution in [3.05, 3.63) is 35.4 Å². The van der Waals surface area contributed by atoms with Crippen LogP contribution in [0.15, 0.2) is 24.3 Å². The van der Waals surface area contributed by atoms with Gasteiger partial charge in [-0.1, -0.05) is 0 Å². The Balaban J connectivity index is 2.30. The molecule has 0 spiro atoms. The standard InChI is InChI=1S/C14H17O.3CH3.Sn/c1-2-3-11-15-14-10-6-8-12-7-4-5-9-13(12)14;;;;/h4,6,8,10H,2-3,5,9,11H2,1H3;3*1H3;. The van der Waals surface area contributed by atoms with Gasteiger partial charge in [-0.25, -0.2) is 0 Å². The third-order valence-electron chi connectivity index (χ3n) is 3.73. The maximum absolute atomic E-state index is 6.00. The zero-order valence-electron chi connectivity index (χ0n) is 12.8.